The predicted molar refractivity (Wildman–Crippen MR) is 71.3 cm³/mol. The summed E-state index contributed by atoms with van der Waals surface area (Å²) in [5.74, 6) is 1.35. The first kappa shape index (κ1) is 13.7. The maximum absolute atomic E-state index is 12.2. The van der Waals surface area contributed by atoms with Crippen LogP contribution in [-0.2, 0) is 0 Å². The molecule has 0 spiro atoms. The molecule has 2 aliphatic carbocycles. The second-order valence-corrected chi connectivity index (χ2v) is 6.10. The molecule has 0 aromatic heterocycles. The summed E-state index contributed by atoms with van der Waals surface area (Å²) >= 11 is 0. The van der Waals surface area contributed by atoms with E-state index in [0.717, 1.165) is 25.2 Å². The third-order valence-corrected chi connectivity index (χ3v) is 4.33. The van der Waals surface area contributed by atoms with Gasteiger partial charge in [0.1, 0.15) is 0 Å². The van der Waals surface area contributed by atoms with Gasteiger partial charge in [-0.2, -0.15) is 0 Å². The molecule has 4 nitrogen and oxygen atoms in total. The van der Waals surface area contributed by atoms with Gasteiger partial charge in [-0.25, -0.2) is 4.79 Å². The molecule has 4 heteroatoms. The summed E-state index contributed by atoms with van der Waals surface area (Å²) < 4.78 is 0. The highest BCUT2D eigenvalue weighted by Crippen LogP contribution is 2.30. The molecule has 0 heterocycles. The van der Waals surface area contributed by atoms with Crippen molar-refractivity contribution < 1.29 is 9.90 Å². The highest BCUT2D eigenvalue weighted by Gasteiger charge is 2.34. The summed E-state index contributed by atoms with van der Waals surface area (Å²) in [6.07, 6.45) is 5.67. The quantitative estimate of drug-likeness (QED) is 0.806. The molecule has 2 amide bonds. The van der Waals surface area contributed by atoms with Crippen molar-refractivity contribution in [2.24, 2.45) is 11.8 Å². The number of hydrogen-bond donors (Lipinski definition) is 2. The number of amides is 2. The van der Waals surface area contributed by atoms with Crippen molar-refractivity contribution in [2.45, 2.75) is 58.0 Å². The molecule has 0 bridgehead atoms. The van der Waals surface area contributed by atoms with Gasteiger partial charge in [-0.3, -0.25) is 0 Å². The highest BCUT2D eigenvalue weighted by atomic mass is 16.3. The van der Waals surface area contributed by atoms with Gasteiger partial charge in [0.05, 0.1) is 6.61 Å². The monoisotopic (exact) mass is 254 g/mol. The van der Waals surface area contributed by atoms with Crippen LogP contribution in [0.4, 0.5) is 4.79 Å². The van der Waals surface area contributed by atoms with E-state index in [1.54, 1.807) is 0 Å². The van der Waals surface area contributed by atoms with E-state index >= 15 is 0 Å². The van der Waals surface area contributed by atoms with E-state index in [2.05, 4.69) is 19.2 Å². The first-order valence-electron chi connectivity index (χ1n) is 7.29. The van der Waals surface area contributed by atoms with Gasteiger partial charge >= 0.3 is 6.03 Å². The summed E-state index contributed by atoms with van der Waals surface area (Å²) in [6, 6.07) is 0.710. The van der Waals surface area contributed by atoms with Gasteiger partial charge in [-0.15, -0.1) is 0 Å². The molecule has 0 aliphatic heterocycles. The van der Waals surface area contributed by atoms with E-state index in [1.165, 1.54) is 12.8 Å². The van der Waals surface area contributed by atoms with Crippen LogP contribution in [0.15, 0.2) is 0 Å². The Bertz CT molecular complexity index is 292. The molecule has 2 aliphatic rings. The van der Waals surface area contributed by atoms with Crippen LogP contribution in [0, 0.1) is 11.8 Å². The van der Waals surface area contributed by atoms with Crippen molar-refractivity contribution in [2.75, 3.05) is 13.2 Å². The number of nitrogens with zero attached hydrogens (tertiary/aromatic N) is 1. The molecule has 18 heavy (non-hydrogen) atoms. The van der Waals surface area contributed by atoms with Gasteiger partial charge in [-0.05, 0) is 43.9 Å². The molecule has 2 fully saturated rings. The molecule has 0 aromatic rings. The number of aliphatic hydroxyl groups is 1. The van der Waals surface area contributed by atoms with Crippen LogP contribution in [0.3, 0.4) is 0 Å². The third kappa shape index (κ3) is 3.37. The standard InChI is InChI=1S/C14H26N2O2/c1-10-3-6-13(11(2)9-10)15-14(18)16(7-8-17)12-4-5-12/h10-13,17H,3-9H2,1-2H3,(H,15,18). The van der Waals surface area contributed by atoms with Gasteiger partial charge < -0.3 is 15.3 Å². The molecular weight excluding hydrogens is 228 g/mol. The van der Waals surface area contributed by atoms with Gasteiger partial charge in [0.2, 0.25) is 0 Å². The van der Waals surface area contributed by atoms with Crippen LogP contribution in [0.5, 0.6) is 0 Å². The first-order valence-corrected chi connectivity index (χ1v) is 7.29. The van der Waals surface area contributed by atoms with Crippen molar-refractivity contribution in [1.29, 1.82) is 0 Å². The zero-order chi connectivity index (χ0) is 13.1. The lowest BCUT2D eigenvalue weighted by Crippen LogP contribution is -2.50. The average Bonchev–Trinajstić information content (AvgIpc) is 3.13. The van der Waals surface area contributed by atoms with Crippen LogP contribution >= 0.6 is 0 Å². The Hall–Kier alpha value is -0.770. The fourth-order valence-corrected chi connectivity index (χ4v) is 3.07. The maximum atomic E-state index is 12.2. The lowest BCUT2D eigenvalue weighted by atomic mass is 9.80. The van der Waals surface area contributed by atoms with E-state index in [4.69, 9.17) is 5.11 Å². The third-order valence-electron chi connectivity index (χ3n) is 4.33. The Morgan fingerprint density at radius 3 is 2.56 bits per heavy atom. The Morgan fingerprint density at radius 1 is 1.28 bits per heavy atom. The van der Waals surface area contributed by atoms with Crippen molar-refractivity contribution in [3.8, 4) is 0 Å². The number of aliphatic hydroxyl groups excluding tert-OH is 1. The average molecular weight is 254 g/mol. The Kier molecular flexibility index (Phi) is 4.49. The predicted octanol–water partition coefficient (Wildman–Crippen LogP) is 1.98. The Balaban J connectivity index is 1.85. The highest BCUT2D eigenvalue weighted by molar-refractivity contribution is 5.75. The van der Waals surface area contributed by atoms with E-state index in [1.807, 2.05) is 4.90 Å². The SMILES string of the molecule is CC1CCC(NC(=O)N(CCO)C2CC2)C(C)C1. The minimum absolute atomic E-state index is 0.0259. The second-order valence-electron chi connectivity index (χ2n) is 6.10. The Labute approximate surface area is 110 Å². The van der Waals surface area contributed by atoms with Crippen molar-refractivity contribution >= 4 is 6.03 Å². The summed E-state index contributed by atoms with van der Waals surface area (Å²) in [5.41, 5.74) is 0. The lowest BCUT2D eigenvalue weighted by molar-refractivity contribution is 0.157. The molecule has 0 aromatic carbocycles. The fourth-order valence-electron chi connectivity index (χ4n) is 3.07. The molecule has 0 saturated heterocycles. The molecule has 2 N–H and O–H groups in total. The van der Waals surface area contributed by atoms with Crippen LogP contribution in [0.25, 0.3) is 0 Å². The number of rotatable bonds is 4. The molecule has 104 valence electrons. The molecule has 2 saturated carbocycles. The van der Waals surface area contributed by atoms with E-state index in [0.29, 0.717) is 24.5 Å². The van der Waals surface area contributed by atoms with Crippen LogP contribution in [0.2, 0.25) is 0 Å². The van der Waals surface area contributed by atoms with Crippen molar-refractivity contribution in [3.63, 3.8) is 0 Å². The van der Waals surface area contributed by atoms with Crippen molar-refractivity contribution in [1.82, 2.24) is 10.2 Å². The summed E-state index contributed by atoms with van der Waals surface area (Å²) in [4.78, 5) is 14.0. The molecule has 3 atom stereocenters. The smallest absolute Gasteiger partial charge is 0.317 e. The zero-order valence-corrected chi connectivity index (χ0v) is 11.6. The summed E-state index contributed by atoms with van der Waals surface area (Å²) in [5, 5.41) is 12.2. The Morgan fingerprint density at radius 2 is 2.00 bits per heavy atom. The summed E-state index contributed by atoms with van der Waals surface area (Å²) in [6.45, 7) is 5.04. The lowest BCUT2D eigenvalue weighted by Gasteiger charge is -2.35. The zero-order valence-electron chi connectivity index (χ0n) is 11.6. The fraction of sp³-hybridized carbons (Fsp3) is 0.929. The van der Waals surface area contributed by atoms with Crippen molar-refractivity contribution in [3.05, 3.63) is 0 Å². The minimum Gasteiger partial charge on any atom is -0.395 e. The van der Waals surface area contributed by atoms with Gasteiger partial charge in [0.25, 0.3) is 0 Å². The van der Waals surface area contributed by atoms with E-state index in [-0.39, 0.29) is 12.6 Å². The summed E-state index contributed by atoms with van der Waals surface area (Å²) in [7, 11) is 0. The molecule has 0 radical (unpaired) electrons. The second kappa shape index (κ2) is 5.91. The van der Waals surface area contributed by atoms with E-state index in [9.17, 15) is 4.79 Å². The van der Waals surface area contributed by atoms with Gasteiger partial charge in [0.15, 0.2) is 0 Å². The molecular formula is C14H26N2O2. The van der Waals surface area contributed by atoms with Gasteiger partial charge in [0, 0.05) is 18.6 Å². The van der Waals surface area contributed by atoms with Gasteiger partial charge in [-0.1, -0.05) is 13.8 Å². The normalized spacial score (nSPS) is 32.1. The largest absolute Gasteiger partial charge is 0.395 e. The number of carbonyl (C=O) groups is 1. The van der Waals surface area contributed by atoms with Crippen LogP contribution in [0.1, 0.15) is 46.0 Å². The topological polar surface area (TPSA) is 52.6 Å². The number of nitrogens with one attached hydrogen (secondary N) is 1. The molecule has 2 rings (SSSR count). The minimum atomic E-state index is 0.0259. The first-order chi connectivity index (χ1) is 8.61. The number of urea groups is 1. The molecule has 3 unspecified atom stereocenters. The van der Waals surface area contributed by atoms with Crippen LogP contribution in [-0.4, -0.2) is 41.3 Å². The maximum Gasteiger partial charge on any atom is 0.317 e. The van der Waals surface area contributed by atoms with E-state index < -0.39 is 0 Å². The van der Waals surface area contributed by atoms with Crippen LogP contribution < -0.4 is 5.32 Å². The number of carbonyl (C=O) groups excluding carboxylic acids is 1. The number of hydrogen-bond acceptors (Lipinski definition) is 2.